The normalized spacial score (nSPS) is 19.0. The van der Waals surface area contributed by atoms with E-state index in [1.54, 1.807) is 16.7 Å². The van der Waals surface area contributed by atoms with Crippen LogP contribution >= 0.6 is 11.8 Å². The van der Waals surface area contributed by atoms with E-state index in [0.717, 1.165) is 24.2 Å². The van der Waals surface area contributed by atoms with E-state index < -0.39 is 0 Å². The van der Waals surface area contributed by atoms with Crippen LogP contribution in [-0.4, -0.2) is 35.1 Å². The number of amides is 2. The van der Waals surface area contributed by atoms with Crippen molar-refractivity contribution in [3.05, 3.63) is 29.8 Å². The van der Waals surface area contributed by atoms with Crippen molar-refractivity contribution >= 4 is 23.6 Å². The third-order valence-corrected chi connectivity index (χ3v) is 4.90. The Morgan fingerprint density at radius 3 is 2.64 bits per heavy atom. The Morgan fingerprint density at radius 2 is 2.05 bits per heavy atom. The van der Waals surface area contributed by atoms with Gasteiger partial charge in [0.2, 0.25) is 11.8 Å². The summed E-state index contributed by atoms with van der Waals surface area (Å²) in [6.45, 7) is 6.32. The molecular weight excluding hydrogens is 296 g/mol. The van der Waals surface area contributed by atoms with E-state index in [1.807, 2.05) is 6.92 Å². The second-order valence-corrected chi connectivity index (χ2v) is 6.94. The van der Waals surface area contributed by atoms with Gasteiger partial charge in [-0.25, -0.2) is 0 Å². The average molecular weight is 320 g/mol. The number of carbonyl (C=O) groups excluding carboxylic acids is 2. The van der Waals surface area contributed by atoms with E-state index in [4.69, 9.17) is 0 Å². The van der Waals surface area contributed by atoms with Crippen molar-refractivity contribution in [3.63, 3.8) is 0 Å². The zero-order chi connectivity index (χ0) is 16.1. The molecule has 22 heavy (non-hydrogen) atoms. The Morgan fingerprint density at radius 1 is 1.36 bits per heavy atom. The molecule has 1 aromatic carbocycles. The highest BCUT2D eigenvalue weighted by atomic mass is 32.2. The Kier molecular flexibility index (Phi) is 5.89. The van der Waals surface area contributed by atoms with Crippen LogP contribution in [0.2, 0.25) is 0 Å². The van der Waals surface area contributed by atoms with E-state index >= 15 is 0 Å². The van der Waals surface area contributed by atoms with Crippen LogP contribution in [0, 0.1) is 0 Å². The topological polar surface area (TPSA) is 49.4 Å². The SMILES string of the molecule is CCSc1ccc(C(C)NC(=O)C2CCCN2C(C)=O)cc1. The zero-order valence-corrected chi connectivity index (χ0v) is 14.3. The number of thioether (sulfide) groups is 1. The predicted molar refractivity (Wildman–Crippen MR) is 89.8 cm³/mol. The summed E-state index contributed by atoms with van der Waals surface area (Å²) in [5, 5.41) is 3.03. The van der Waals surface area contributed by atoms with E-state index in [2.05, 4.69) is 36.5 Å². The lowest BCUT2D eigenvalue weighted by Crippen LogP contribution is -2.45. The third kappa shape index (κ3) is 4.03. The van der Waals surface area contributed by atoms with Crippen LogP contribution in [0.4, 0.5) is 0 Å². The molecule has 0 radical (unpaired) electrons. The molecular formula is C17H24N2O2S. The van der Waals surface area contributed by atoms with Crippen molar-refractivity contribution < 1.29 is 9.59 Å². The minimum atomic E-state index is -0.310. The van der Waals surface area contributed by atoms with E-state index in [1.165, 1.54) is 11.8 Å². The molecule has 120 valence electrons. The van der Waals surface area contributed by atoms with Gasteiger partial charge in [0.1, 0.15) is 6.04 Å². The molecule has 4 nitrogen and oxygen atoms in total. The van der Waals surface area contributed by atoms with Gasteiger partial charge >= 0.3 is 0 Å². The van der Waals surface area contributed by atoms with Gasteiger partial charge < -0.3 is 10.2 Å². The van der Waals surface area contributed by atoms with Gasteiger partial charge in [-0.05, 0) is 43.2 Å². The molecule has 1 N–H and O–H groups in total. The largest absolute Gasteiger partial charge is 0.348 e. The van der Waals surface area contributed by atoms with E-state index in [0.29, 0.717) is 6.54 Å². The fourth-order valence-electron chi connectivity index (χ4n) is 2.83. The predicted octanol–water partition coefficient (Wildman–Crippen LogP) is 2.99. The molecule has 2 unspecified atom stereocenters. The minimum absolute atomic E-state index is 0.0220. The Bertz CT molecular complexity index is 530. The molecule has 5 heteroatoms. The summed E-state index contributed by atoms with van der Waals surface area (Å²) in [6.07, 6.45) is 1.65. The molecule has 1 heterocycles. The second kappa shape index (κ2) is 7.68. The summed E-state index contributed by atoms with van der Waals surface area (Å²) in [5.41, 5.74) is 1.08. The van der Waals surface area contributed by atoms with Crippen LogP contribution in [-0.2, 0) is 9.59 Å². The lowest BCUT2D eigenvalue weighted by Gasteiger charge is -2.24. The number of carbonyl (C=O) groups is 2. The number of benzene rings is 1. The van der Waals surface area contributed by atoms with Gasteiger partial charge in [-0.15, -0.1) is 11.8 Å². The van der Waals surface area contributed by atoms with Crippen molar-refractivity contribution in [3.8, 4) is 0 Å². The molecule has 0 bridgehead atoms. The summed E-state index contributed by atoms with van der Waals surface area (Å²) in [6, 6.07) is 7.92. The fraction of sp³-hybridized carbons (Fsp3) is 0.529. The summed E-state index contributed by atoms with van der Waals surface area (Å²) in [5.74, 6) is 0.979. The van der Waals surface area contributed by atoms with Crippen molar-refractivity contribution in [2.24, 2.45) is 0 Å². The molecule has 0 saturated carbocycles. The van der Waals surface area contributed by atoms with Crippen LogP contribution in [0.15, 0.2) is 29.2 Å². The van der Waals surface area contributed by atoms with E-state index in [-0.39, 0.29) is 23.9 Å². The summed E-state index contributed by atoms with van der Waals surface area (Å²) < 4.78 is 0. The number of likely N-dealkylation sites (tertiary alicyclic amines) is 1. The molecule has 2 amide bonds. The number of nitrogens with zero attached hydrogens (tertiary/aromatic N) is 1. The standard InChI is InChI=1S/C17H24N2O2S/c1-4-22-15-9-7-14(8-10-15)12(2)18-17(21)16-6-5-11-19(16)13(3)20/h7-10,12,16H,4-6,11H2,1-3H3,(H,18,21). The molecule has 1 aromatic rings. The molecule has 2 rings (SSSR count). The van der Waals surface area contributed by atoms with Crippen LogP contribution in [0.25, 0.3) is 0 Å². The molecule has 0 aromatic heterocycles. The third-order valence-electron chi connectivity index (χ3n) is 4.01. The van der Waals surface area contributed by atoms with Crippen LogP contribution < -0.4 is 5.32 Å². The highest BCUT2D eigenvalue weighted by Gasteiger charge is 2.32. The number of hydrogen-bond donors (Lipinski definition) is 1. The highest BCUT2D eigenvalue weighted by molar-refractivity contribution is 7.99. The Labute approximate surface area is 136 Å². The summed E-state index contributed by atoms with van der Waals surface area (Å²) in [4.78, 5) is 26.9. The monoisotopic (exact) mass is 320 g/mol. The molecule has 1 saturated heterocycles. The van der Waals surface area contributed by atoms with Crippen LogP contribution in [0.5, 0.6) is 0 Å². The molecule has 0 aliphatic carbocycles. The van der Waals surface area contributed by atoms with Gasteiger partial charge in [-0.2, -0.15) is 0 Å². The highest BCUT2D eigenvalue weighted by Crippen LogP contribution is 2.22. The number of hydrogen-bond acceptors (Lipinski definition) is 3. The first kappa shape index (κ1) is 16.9. The van der Waals surface area contributed by atoms with Crippen LogP contribution in [0.1, 0.15) is 45.2 Å². The molecule has 1 aliphatic heterocycles. The molecule has 0 spiro atoms. The van der Waals surface area contributed by atoms with Gasteiger partial charge in [0.25, 0.3) is 0 Å². The van der Waals surface area contributed by atoms with Crippen molar-refractivity contribution in [2.45, 2.75) is 50.6 Å². The van der Waals surface area contributed by atoms with E-state index in [9.17, 15) is 9.59 Å². The minimum Gasteiger partial charge on any atom is -0.348 e. The maximum atomic E-state index is 12.4. The molecule has 1 fully saturated rings. The van der Waals surface area contributed by atoms with Crippen molar-refractivity contribution in [1.29, 1.82) is 0 Å². The average Bonchev–Trinajstić information content (AvgIpc) is 2.98. The van der Waals surface area contributed by atoms with Gasteiger partial charge in [0.15, 0.2) is 0 Å². The molecule has 1 aliphatic rings. The first-order valence-corrected chi connectivity index (χ1v) is 8.81. The maximum Gasteiger partial charge on any atom is 0.243 e. The molecule has 2 atom stereocenters. The summed E-state index contributed by atoms with van der Waals surface area (Å²) >= 11 is 1.80. The summed E-state index contributed by atoms with van der Waals surface area (Å²) in [7, 11) is 0. The lowest BCUT2D eigenvalue weighted by atomic mass is 10.1. The first-order chi connectivity index (χ1) is 10.5. The Balaban J connectivity index is 1.97. The maximum absolute atomic E-state index is 12.4. The Hall–Kier alpha value is -1.49. The smallest absolute Gasteiger partial charge is 0.243 e. The lowest BCUT2D eigenvalue weighted by molar-refractivity contribution is -0.137. The number of rotatable bonds is 5. The van der Waals surface area contributed by atoms with Crippen LogP contribution in [0.3, 0.4) is 0 Å². The zero-order valence-electron chi connectivity index (χ0n) is 13.5. The first-order valence-electron chi connectivity index (χ1n) is 7.83. The van der Waals surface area contributed by atoms with Gasteiger partial charge in [0, 0.05) is 18.4 Å². The number of nitrogens with one attached hydrogen (secondary N) is 1. The fourth-order valence-corrected chi connectivity index (χ4v) is 3.49. The quantitative estimate of drug-likeness (QED) is 0.849. The van der Waals surface area contributed by atoms with Crippen molar-refractivity contribution in [2.75, 3.05) is 12.3 Å². The van der Waals surface area contributed by atoms with Gasteiger partial charge in [-0.3, -0.25) is 9.59 Å². The van der Waals surface area contributed by atoms with Crippen molar-refractivity contribution in [1.82, 2.24) is 10.2 Å². The van der Waals surface area contributed by atoms with Gasteiger partial charge in [-0.1, -0.05) is 19.1 Å². The second-order valence-electron chi connectivity index (χ2n) is 5.60. The van der Waals surface area contributed by atoms with Gasteiger partial charge in [0.05, 0.1) is 6.04 Å².